The summed E-state index contributed by atoms with van der Waals surface area (Å²) in [7, 11) is 3.03. The summed E-state index contributed by atoms with van der Waals surface area (Å²) in [5.41, 5.74) is 6.58. The molecule has 0 radical (unpaired) electrons. The Morgan fingerprint density at radius 1 is 1.39 bits per heavy atom. The maximum Gasteiger partial charge on any atom is 0.183 e. The van der Waals surface area contributed by atoms with Crippen LogP contribution < -0.4 is 15.2 Å². The number of aromatic hydroxyl groups is 1. The highest BCUT2D eigenvalue weighted by atomic mass is 35.5. The quantitative estimate of drug-likeness (QED) is 0.883. The Hall–Kier alpha value is -1.13. The third-order valence-corrected chi connectivity index (χ3v) is 4.13. The van der Waals surface area contributed by atoms with Gasteiger partial charge in [-0.1, -0.05) is 11.6 Å². The molecule has 0 saturated heterocycles. The van der Waals surface area contributed by atoms with Crippen molar-refractivity contribution >= 4 is 11.6 Å². The molecular weight excluding hydrogens is 254 g/mol. The SMILES string of the molecule is COc1cc(C2(C(C)N)CC2)c(O)c(Cl)c1OC. The Morgan fingerprint density at radius 3 is 2.39 bits per heavy atom. The number of nitrogens with two attached hydrogens (primary N) is 1. The van der Waals surface area contributed by atoms with Crippen molar-refractivity contribution in [1.29, 1.82) is 0 Å². The van der Waals surface area contributed by atoms with Crippen LogP contribution in [-0.2, 0) is 5.41 Å². The van der Waals surface area contributed by atoms with Gasteiger partial charge in [0, 0.05) is 17.0 Å². The Balaban J connectivity index is 2.60. The van der Waals surface area contributed by atoms with Gasteiger partial charge in [-0.3, -0.25) is 0 Å². The van der Waals surface area contributed by atoms with Crippen molar-refractivity contribution in [3.8, 4) is 17.2 Å². The molecule has 1 aliphatic carbocycles. The number of phenols is 1. The van der Waals surface area contributed by atoms with Gasteiger partial charge in [-0.25, -0.2) is 0 Å². The predicted molar refractivity (Wildman–Crippen MR) is 70.8 cm³/mol. The molecule has 1 aromatic carbocycles. The van der Waals surface area contributed by atoms with Crippen LogP contribution in [0.4, 0.5) is 0 Å². The molecule has 1 fully saturated rings. The molecule has 1 unspecified atom stereocenters. The molecule has 0 amide bonds. The monoisotopic (exact) mass is 271 g/mol. The summed E-state index contributed by atoms with van der Waals surface area (Å²) in [6.45, 7) is 1.94. The lowest BCUT2D eigenvalue weighted by Gasteiger charge is -2.23. The van der Waals surface area contributed by atoms with Gasteiger partial charge in [0.15, 0.2) is 11.5 Å². The lowest BCUT2D eigenvalue weighted by Crippen LogP contribution is -2.31. The molecule has 4 nitrogen and oxygen atoms in total. The Labute approximate surface area is 112 Å². The maximum absolute atomic E-state index is 10.2. The lowest BCUT2D eigenvalue weighted by atomic mass is 9.88. The van der Waals surface area contributed by atoms with Gasteiger partial charge in [0.05, 0.1) is 14.2 Å². The third kappa shape index (κ3) is 1.80. The van der Waals surface area contributed by atoms with Gasteiger partial charge in [-0.2, -0.15) is 0 Å². The average molecular weight is 272 g/mol. The zero-order chi connectivity index (χ0) is 13.5. The van der Waals surface area contributed by atoms with Crippen LogP contribution in [0.1, 0.15) is 25.3 Å². The van der Waals surface area contributed by atoms with Crippen molar-refractivity contribution in [2.24, 2.45) is 5.73 Å². The molecule has 0 aromatic heterocycles. The Morgan fingerprint density at radius 2 is 2.00 bits per heavy atom. The first-order chi connectivity index (χ1) is 8.47. The maximum atomic E-state index is 10.2. The normalized spacial score (nSPS) is 18.3. The Bertz CT molecular complexity index is 470. The van der Waals surface area contributed by atoms with Crippen LogP contribution in [0.25, 0.3) is 0 Å². The van der Waals surface area contributed by atoms with Gasteiger partial charge in [-0.05, 0) is 25.8 Å². The number of hydrogen-bond donors (Lipinski definition) is 2. The standard InChI is InChI=1S/C13H18ClNO3/c1-7(15)13(4-5-13)8-6-9(17-2)12(18-3)10(14)11(8)16/h6-7,16H,4-5,15H2,1-3H3. The van der Waals surface area contributed by atoms with E-state index in [9.17, 15) is 5.11 Å². The molecule has 0 aliphatic heterocycles. The van der Waals surface area contributed by atoms with Crippen LogP contribution >= 0.6 is 11.6 Å². The molecule has 1 saturated carbocycles. The summed E-state index contributed by atoms with van der Waals surface area (Å²) in [6, 6.07) is 1.73. The van der Waals surface area contributed by atoms with Crippen molar-refractivity contribution in [2.75, 3.05) is 14.2 Å². The van der Waals surface area contributed by atoms with E-state index < -0.39 is 0 Å². The van der Waals surface area contributed by atoms with Gasteiger partial charge in [0.25, 0.3) is 0 Å². The van der Waals surface area contributed by atoms with Crippen LogP contribution in [0.15, 0.2) is 6.07 Å². The average Bonchev–Trinajstić information content (AvgIpc) is 3.13. The van der Waals surface area contributed by atoms with Gasteiger partial charge in [-0.15, -0.1) is 0 Å². The number of benzene rings is 1. The molecule has 100 valence electrons. The molecule has 0 heterocycles. The number of halogens is 1. The van der Waals surface area contributed by atoms with Crippen molar-refractivity contribution < 1.29 is 14.6 Å². The van der Waals surface area contributed by atoms with Crippen molar-refractivity contribution in [3.05, 3.63) is 16.7 Å². The molecule has 3 N–H and O–H groups in total. The second kappa shape index (κ2) is 4.52. The smallest absolute Gasteiger partial charge is 0.183 e. The highest BCUT2D eigenvalue weighted by Gasteiger charge is 2.50. The minimum atomic E-state index is -0.187. The largest absolute Gasteiger partial charge is 0.506 e. The van der Waals surface area contributed by atoms with Crippen LogP contribution in [0, 0.1) is 0 Å². The van der Waals surface area contributed by atoms with E-state index in [1.807, 2.05) is 6.92 Å². The number of methoxy groups -OCH3 is 2. The van der Waals surface area contributed by atoms with E-state index in [1.165, 1.54) is 7.11 Å². The first-order valence-corrected chi connectivity index (χ1v) is 6.25. The molecular formula is C13H18ClNO3. The summed E-state index contributed by atoms with van der Waals surface area (Å²) >= 11 is 6.13. The van der Waals surface area contributed by atoms with E-state index >= 15 is 0 Å². The second-order valence-corrected chi connectivity index (χ2v) is 5.15. The number of phenolic OH excluding ortho intramolecular Hbond substituents is 1. The summed E-state index contributed by atoms with van der Waals surface area (Å²) in [4.78, 5) is 0. The summed E-state index contributed by atoms with van der Waals surface area (Å²) in [5.74, 6) is 0.909. The molecule has 0 bridgehead atoms. The van der Waals surface area contributed by atoms with Gasteiger partial charge in [0.2, 0.25) is 0 Å². The van der Waals surface area contributed by atoms with Crippen LogP contribution in [0.5, 0.6) is 17.2 Å². The van der Waals surface area contributed by atoms with E-state index in [2.05, 4.69) is 0 Å². The van der Waals surface area contributed by atoms with Crippen molar-refractivity contribution in [3.63, 3.8) is 0 Å². The lowest BCUT2D eigenvalue weighted by molar-refractivity contribution is 0.348. The third-order valence-electron chi connectivity index (χ3n) is 3.78. The summed E-state index contributed by atoms with van der Waals surface area (Å²) < 4.78 is 10.4. The molecule has 5 heteroatoms. The number of rotatable bonds is 4. The summed E-state index contributed by atoms with van der Waals surface area (Å²) in [5, 5.41) is 10.4. The number of ether oxygens (including phenoxy) is 2. The molecule has 0 spiro atoms. The van der Waals surface area contributed by atoms with Crippen LogP contribution in [0.3, 0.4) is 0 Å². The Kier molecular flexibility index (Phi) is 3.34. The van der Waals surface area contributed by atoms with E-state index in [4.69, 9.17) is 26.8 Å². The highest BCUT2D eigenvalue weighted by Crippen LogP contribution is 2.57. The first-order valence-electron chi connectivity index (χ1n) is 5.87. The van der Waals surface area contributed by atoms with Gasteiger partial charge < -0.3 is 20.3 Å². The van der Waals surface area contributed by atoms with Gasteiger partial charge >= 0.3 is 0 Å². The zero-order valence-electron chi connectivity index (χ0n) is 10.8. The molecule has 2 rings (SSSR count). The fourth-order valence-electron chi connectivity index (χ4n) is 2.42. The van der Waals surface area contributed by atoms with E-state index in [0.717, 1.165) is 18.4 Å². The minimum absolute atomic E-state index is 0.0439. The fourth-order valence-corrected chi connectivity index (χ4v) is 2.70. The molecule has 1 aliphatic rings. The van der Waals surface area contributed by atoms with E-state index in [-0.39, 0.29) is 22.2 Å². The second-order valence-electron chi connectivity index (χ2n) is 4.77. The van der Waals surface area contributed by atoms with Crippen LogP contribution in [0.2, 0.25) is 5.02 Å². The van der Waals surface area contributed by atoms with Gasteiger partial charge in [0.1, 0.15) is 10.8 Å². The van der Waals surface area contributed by atoms with Crippen molar-refractivity contribution in [1.82, 2.24) is 0 Å². The number of hydrogen-bond acceptors (Lipinski definition) is 4. The predicted octanol–water partition coefficient (Wildman–Crippen LogP) is 2.44. The molecule has 1 aromatic rings. The first kappa shape index (κ1) is 13.3. The fraction of sp³-hybridized carbons (Fsp3) is 0.538. The minimum Gasteiger partial charge on any atom is -0.506 e. The zero-order valence-corrected chi connectivity index (χ0v) is 11.5. The molecule has 1 atom stereocenters. The topological polar surface area (TPSA) is 64.7 Å². The van der Waals surface area contributed by atoms with Crippen molar-refractivity contribution in [2.45, 2.75) is 31.2 Å². The highest BCUT2D eigenvalue weighted by molar-refractivity contribution is 6.34. The summed E-state index contributed by atoms with van der Waals surface area (Å²) in [6.07, 6.45) is 1.90. The molecule has 18 heavy (non-hydrogen) atoms. The van der Waals surface area contributed by atoms with Crippen LogP contribution in [-0.4, -0.2) is 25.4 Å². The van der Waals surface area contributed by atoms with E-state index in [0.29, 0.717) is 11.5 Å². The van der Waals surface area contributed by atoms with E-state index in [1.54, 1.807) is 13.2 Å².